The van der Waals surface area contributed by atoms with Crippen LogP contribution in [0, 0.1) is 11.3 Å². The Balaban J connectivity index is 2.35. The van der Waals surface area contributed by atoms with Gasteiger partial charge in [-0.3, -0.25) is 4.79 Å². The first-order valence-electron chi connectivity index (χ1n) is 5.14. The lowest BCUT2D eigenvalue weighted by Gasteiger charge is -2.04. The number of nitriles is 1. The Labute approximate surface area is 99.3 Å². The molecule has 0 radical (unpaired) electrons. The van der Waals surface area contributed by atoms with Crippen LogP contribution in [0.3, 0.4) is 0 Å². The zero-order valence-electron chi connectivity index (χ0n) is 9.05. The number of amides is 1. The van der Waals surface area contributed by atoms with E-state index in [1.165, 1.54) is 0 Å². The molecular weight excluding hydrogens is 212 g/mol. The van der Waals surface area contributed by atoms with Crippen LogP contribution in [0.5, 0.6) is 0 Å². The van der Waals surface area contributed by atoms with Crippen molar-refractivity contribution in [3.63, 3.8) is 0 Å². The number of anilines is 1. The van der Waals surface area contributed by atoms with Crippen molar-refractivity contribution in [2.45, 2.75) is 0 Å². The highest BCUT2D eigenvalue weighted by atomic mass is 16.1. The summed E-state index contributed by atoms with van der Waals surface area (Å²) in [5, 5.41) is 11.3. The minimum atomic E-state index is 0.635. The fourth-order valence-electron chi connectivity index (χ4n) is 1.59. The first-order chi connectivity index (χ1) is 8.33. The maximum Gasteiger partial charge on any atom is 0.211 e. The van der Waals surface area contributed by atoms with Crippen molar-refractivity contribution in [2.75, 3.05) is 5.32 Å². The van der Waals surface area contributed by atoms with Crippen LogP contribution in [0.4, 0.5) is 5.69 Å². The summed E-state index contributed by atoms with van der Waals surface area (Å²) in [4.78, 5) is 10.4. The summed E-state index contributed by atoms with van der Waals surface area (Å²) < 4.78 is 0. The van der Waals surface area contributed by atoms with Crippen molar-refractivity contribution < 1.29 is 4.79 Å². The molecule has 0 bridgehead atoms. The average molecular weight is 222 g/mol. The highest BCUT2D eigenvalue weighted by Crippen LogP contribution is 2.22. The van der Waals surface area contributed by atoms with Crippen LogP contribution in [0.25, 0.3) is 11.1 Å². The van der Waals surface area contributed by atoms with Gasteiger partial charge in [0.05, 0.1) is 11.6 Å². The molecule has 17 heavy (non-hydrogen) atoms. The predicted molar refractivity (Wildman–Crippen MR) is 66.3 cm³/mol. The Morgan fingerprint density at radius 2 is 1.82 bits per heavy atom. The second-order valence-corrected chi connectivity index (χ2v) is 3.53. The number of hydrogen-bond donors (Lipinski definition) is 1. The van der Waals surface area contributed by atoms with Crippen LogP contribution >= 0.6 is 0 Å². The van der Waals surface area contributed by atoms with E-state index in [0.717, 1.165) is 16.8 Å². The second kappa shape index (κ2) is 4.95. The first kappa shape index (κ1) is 10.9. The molecule has 0 aromatic heterocycles. The van der Waals surface area contributed by atoms with Crippen molar-refractivity contribution in [3.05, 3.63) is 54.1 Å². The van der Waals surface area contributed by atoms with Gasteiger partial charge in [-0.2, -0.15) is 5.26 Å². The summed E-state index contributed by atoms with van der Waals surface area (Å²) in [5.74, 6) is 0. The molecule has 0 spiro atoms. The van der Waals surface area contributed by atoms with Gasteiger partial charge in [-0.15, -0.1) is 0 Å². The third-order valence-corrected chi connectivity index (χ3v) is 2.44. The van der Waals surface area contributed by atoms with E-state index in [4.69, 9.17) is 5.26 Å². The largest absolute Gasteiger partial charge is 0.329 e. The lowest BCUT2D eigenvalue weighted by Crippen LogP contribution is -1.93. The summed E-state index contributed by atoms with van der Waals surface area (Å²) in [6.45, 7) is 0. The molecule has 1 amide bonds. The van der Waals surface area contributed by atoms with Crippen LogP contribution in [-0.2, 0) is 4.79 Å². The van der Waals surface area contributed by atoms with Crippen molar-refractivity contribution in [1.82, 2.24) is 0 Å². The van der Waals surface area contributed by atoms with E-state index >= 15 is 0 Å². The molecule has 82 valence electrons. The summed E-state index contributed by atoms with van der Waals surface area (Å²) in [7, 11) is 0. The number of nitrogens with zero attached hydrogens (tertiary/aromatic N) is 1. The summed E-state index contributed by atoms with van der Waals surface area (Å²) in [5.41, 5.74) is 3.40. The fraction of sp³-hybridized carbons (Fsp3) is 0. The zero-order valence-corrected chi connectivity index (χ0v) is 9.05. The Hall–Kier alpha value is -2.60. The van der Waals surface area contributed by atoms with Gasteiger partial charge in [0.25, 0.3) is 0 Å². The Morgan fingerprint density at radius 3 is 2.47 bits per heavy atom. The zero-order chi connectivity index (χ0) is 12.1. The van der Waals surface area contributed by atoms with E-state index < -0.39 is 0 Å². The van der Waals surface area contributed by atoms with Gasteiger partial charge in [-0.25, -0.2) is 0 Å². The van der Waals surface area contributed by atoms with Gasteiger partial charge >= 0.3 is 0 Å². The lowest BCUT2D eigenvalue weighted by atomic mass is 10.0. The van der Waals surface area contributed by atoms with Crippen LogP contribution < -0.4 is 5.32 Å². The molecule has 0 aliphatic carbocycles. The van der Waals surface area contributed by atoms with E-state index in [-0.39, 0.29) is 0 Å². The molecule has 2 aromatic rings. The molecule has 0 saturated heterocycles. The van der Waals surface area contributed by atoms with Crippen LogP contribution in [0.2, 0.25) is 0 Å². The van der Waals surface area contributed by atoms with Gasteiger partial charge in [0.2, 0.25) is 6.41 Å². The highest BCUT2D eigenvalue weighted by Gasteiger charge is 1.99. The smallest absolute Gasteiger partial charge is 0.211 e. The number of benzene rings is 2. The SMILES string of the molecule is N#Cc1ccc(-c2cccc(NC=O)c2)cc1. The normalized spacial score (nSPS) is 9.35. The van der Waals surface area contributed by atoms with Gasteiger partial charge in [-0.1, -0.05) is 24.3 Å². The van der Waals surface area contributed by atoms with Crippen LogP contribution in [0.15, 0.2) is 48.5 Å². The summed E-state index contributed by atoms with van der Waals surface area (Å²) in [6, 6.07) is 16.9. The fourth-order valence-corrected chi connectivity index (χ4v) is 1.59. The molecule has 2 rings (SSSR count). The van der Waals surface area contributed by atoms with Gasteiger partial charge in [-0.05, 0) is 35.4 Å². The third-order valence-electron chi connectivity index (χ3n) is 2.44. The first-order valence-corrected chi connectivity index (χ1v) is 5.14. The maximum atomic E-state index is 10.4. The number of nitrogens with one attached hydrogen (secondary N) is 1. The van der Waals surface area contributed by atoms with Crippen LogP contribution in [0.1, 0.15) is 5.56 Å². The minimum Gasteiger partial charge on any atom is -0.329 e. The van der Waals surface area contributed by atoms with Gasteiger partial charge in [0, 0.05) is 5.69 Å². The third kappa shape index (κ3) is 2.50. The minimum absolute atomic E-state index is 0.635. The lowest BCUT2D eigenvalue weighted by molar-refractivity contribution is -0.105. The van der Waals surface area contributed by atoms with Crippen molar-refractivity contribution in [1.29, 1.82) is 5.26 Å². The summed E-state index contributed by atoms with van der Waals surface area (Å²) in [6.07, 6.45) is 0.651. The number of carbonyl (C=O) groups is 1. The topological polar surface area (TPSA) is 52.9 Å². The summed E-state index contributed by atoms with van der Waals surface area (Å²) >= 11 is 0. The Bertz CT molecular complexity index is 568. The van der Waals surface area contributed by atoms with E-state index in [9.17, 15) is 4.79 Å². The molecule has 0 heterocycles. The molecular formula is C14H10N2O. The number of hydrogen-bond acceptors (Lipinski definition) is 2. The molecule has 0 fully saturated rings. The monoisotopic (exact) mass is 222 g/mol. The van der Waals surface area contributed by atoms with E-state index in [0.29, 0.717) is 12.0 Å². The van der Waals surface area contributed by atoms with Crippen LogP contribution in [-0.4, -0.2) is 6.41 Å². The molecule has 3 nitrogen and oxygen atoms in total. The maximum absolute atomic E-state index is 10.4. The van der Waals surface area contributed by atoms with Crippen molar-refractivity contribution in [3.8, 4) is 17.2 Å². The number of rotatable bonds is 3. The molecule has 0 atom stereocenters. The molecule has 0 unspecified atom stereocenters. The van der Waals surface area contributed by atoms with Gasteiger partial charge < -0.3 is 5.32 Å². The predicted octanol–water partition coefficient (Wildman–Crippen LogP) is 2.79. The highest BCUT2D eigenvalue weighted by molar-refractivity contribution is 5.76. The van der Waals surface area contributed by atoms with E-state index in [1.807, 2.05) is 36.4 Å². The Kier molecular flexibility index (Phi) is 3.18. The van der Waals surface area contributed by atoms with E-state index in [2.05, 4.69) is 11.4 Å². The molecule has 0 aliphatic heterocycles. The van der Waals surface area contributed by atoms with Crippen molar-refractivity contribution >= 4 is 12.1 Å². The van der Waals surface area contributed by atoms with Crippen molar-refractivity contribution in [2.24, 2.45) is 0 Å². The quantitative estimate of drug-likeness (QED) is 0.812. The second-order valence-electron chi connectivity index (χ2n) is 3.53. The average Bonchev–Trinajstić information content (AvgIpc) is 2.40. The van der Waals surface area contributed by atoms with Gasteiger partial charge in [0.1, 0.15) is 0 Å². The molecule has 0 saturated carbocycles. The molecule has 3 heteroatoms. The van der Waals surface area contributed by atoms with E-state index in [1.54, 1.807) is 12.1 Å². The van der Waals surface area contributed by atoms with Gasteiger partial charge in [0.15, 0.2) is 0 Å². The number of carbonyl (C=O) groups excluding carboxylic acids is 1. The molecule has 2 aromatic carbocycles. The molecule has 0 aliphatic rings. The standard InChI is InChI=1S/C14H10N2O/c15-9-11-4-6-12(7-5-11)13-2-1-3-14(8-13)16-10-17/h1-8,10H,(H,16,17). The molecule has 1 N–H and O–H groups in total. The Morgan fingerprint density at radius 1 is 1.06 bits per heavy atom.